The number of carbonyl (C=O) groups excluding carboxylic acids is 2. The van der Waals surface area contributed by atoms with Crippen LogP contribution in [-0.2, 0) is 30.3 Å². The van der Waals surface area contributed by atoms with Crippen molar-refractivity contribution in [1.29, 1.82) is 0 Å². The zero-order valence-corrected chi connectivity index (χ0v) is 25.2. The first-order chi connectivity index (χ1) is 20.9. The summed E-state index contributed by atoms with van der Waals surface area (Å²) in [5.41, 5.74) is 3.73. The van der Waals surface area contributed by atoms with Gasteiger partial charge in [-0.15, -0.1) is 0 Å². The molecule has 5 rings (SSSR count). The second-order valence-corrected chi connectivity index (χ2v) is 11.6. The van der Waals surface area contributed by atoms with E-state index in [-0.39, 0.29) is 17.7 Å². The highest BCUT2D eigenvalue weighted by atomic mass is 19.4. The molecule has 1 atom stereocenters. The van der Waals surface area contributed by atoms with E-state index in [0.29, 0.717) is 42.5 Å². The lowest BCUT2D eigenvalue weighted by Crippen LogP contribution is -2.31. The first-order valence-electron chi connectivity index (χ1n) is 14.5. The highest BCUT2D eigenvalue weighted by molar-refractivity contribution is 6.04. The lowest BCUT2D eigenvalue weighted by molar-refractivity contribution is -0.138. The van der Waals surface area contributed by atoms with Gasteiger partial charge in [-0.05, 0) is 98.9 Å². The number of rotatable bonds is 9. The van der Waals surface area contributed by atoms with E-state index in [1.54, 1.807) is 18.3 Å². The van der Waals surface area contributed by atoms with Gasteiger partial charge in [0.2, 0.25) is 0 Å². The van der Waals surface area contributed by atoms with E-state index in [9.17, 15) is 22.8 Å². The second-order valence-electron chi connectivity index (χ2n) is 11.6. The monoisotopic (exact) mass is 607 g/mol. The number of hydrogen-bond acceptors (Lipinski definition) is 6. The summed E-state index contributed by atoms with van der Waals surface area (Å²) in [6.45, 7) is 3.58. The minimum atomic E-state index is -4.58. The van der Waals surface area contributed by atoms with Gasteiger partial charge in [0, 0.05) is 48.5 Å². The van der Waals surface area contributed by atoms with E-state index < -0.39 is 23.6 Å². The van der Waals surface area contributed by atoms with Crippen molar-refractivity contribution in [2.45, 2.75) is 44.9 Å². The number of nitrogens with zero attached hydrogens (tertiary/aromatic N) is 3. The average Bonchev–Trinajstić information content (AvgIpc) is 3.64. The van der Waals surface area contributed by atoms with Crippen LogP contribution in [-0.4, -0.2) is 72.0 Å². The molecule has 1 aliphatic heterocycles. The average molecular weight is 608 g/mol. The van der Waals surface area contributed by atoms with Crippen molar-refractivity contribution in [2.75, 3.05) is 39.6 Å². The first kappa shape index (κ1) is 31.2. The maximum Gasteiger partial charge on any atom is 0.416 e. The molecule has 2 aromatic carbocycles. The number of methoxy groups -OCH3 is 1. The second kappa shape index (κ2) is 12.8. The summed E-state index contributed by atoms with van der Waals surface area (Å²) < 4.78 is 47.0. The third-order valence-electron chi connectivity index (χ3n) is 8.27. The van der Waals surface area contributed by atoms with E-state index >= 15 is 0 Å². The van der Waals surface area contributed by atoms with Crippen LogP contribution in [0.15, 0.2) is 54.7 Å². The molecule has 0 bridgehead atoms. The molecule has 3 heterocycles. The van der Waals surface area contributed by atoms with Crippen LogP contribution in [0.4, 0.5) is 18.9 Å². The fourth-order valence-electron chi connectivity index (χ4n) is 5.66. The molecule has 1 aliphatic rings. The number of esters is 1. The number of anilines is 1. The number of benzene rings is 2. The van der Waals surface area contributed by atoms with Gasteiger partial charge in [-0.25, -0.2) is 9.78 Å². The number of H-pyrrole nitrogens is 1. The van der Waals surface area contributed by atoms with Crippen molar-refractivity contribution >= 4 is 28.6 Å². The van der Waals surface area contributed by atoms with Crippen molar-refractivity contribution in [2.24, 2.45) is 0 Å². The quantitative estimate of drug-likeness (QED) is 0.232. The van der Waals surface area contributed by atoms with Crippen molar-refractivity contribution in [1.82, 2.24) is 19.8 Å². The highest BCUT2D eigenvalue weighted by Crippen LogP contribution is 2.34. The number of halogens is 3. The molecule has 0 radical (unpaired) electrons. The minimum Gasteiger partial charge on any atom is -0.464 e. The lowest BCUT2D eigenvalue weighted by atomic mass is 10.00. The van der Waals surface area contributed by atoms with E-state index in [2.05, 4.69) is 20.2 Å². The van der Waals surface area contributed by atoms with Crippen LogP contribution >= 0.6 is 0 Å². The van der Waals surface area contributed by atoms with Crippen molar-refractivity contribution in [3.8, 4) is 0 Å². The number of aryl methyl sites for hydroxylation is 3. The molecule has 0 spiro atoms. The van der Waals surface area contributed by atoms with Gasteiger partial charge in [0.15, 0.2) is 0 Å². The van der Waals surface area contributed by atoms with Crippen molar-refractivity contribution < 1.29 is 27.5 Å². The molecule has 8 nitrogen and oxygen atoms in total. The summed E-state index contributed by atoms with van der Waals surface area (Å²) in [7, 11) is 5.27. The number of likely N-dealkylation sites (N-methyl/N-ethyl adjacent to an activating group) is 1. The lowest BCUT2D eigenvalue weighted by Gasteiger charge is -2.22. The summed E-state index contributed by atoms with van der Waals surface area (Å²) >= 11 is 0. The minimum absolute atomic E-state index is 0.0482. The molecule has 1 amide bonds. The molecule has 0 aliphatic carbocycles. The van der Waals surface area contributed by atoms with E-state index in [4.69, 9.17) is 4.74 Å². The maximum atomic E-state index is 14.1. The fourth-order valence-corrected chi connectivity index (χ4v) is 5.66. The summed E-state index contributed by atoms with van der Waals surface area (Å²) in [6, 6.07) is 13.3. The number of amides is 1. The van der Waals surface area contributed by atoms with Gasteiger partial charge in [0.05, 0.1) is 12.7 Å². The van der Waals surface area contributed by atoms with Gasteiger partial charge >= 0.3 is 12.1 Å². The molecule has 44 heavy (non-hydrogen) atoms. The van der Waals surface area contributed by atoms with Gasteiger partial charge < -0.3 is 19.9 Å². The summed E-state index contributed by atoms with van der Waals surface area (Å²) in [6.07, 6.45) is -0.627. The van der Waals surface area contributed by atoms with Crippen LogP contribution in [0.2, 0.25) is 0 Å². The molecule has 1 unspecified atom stereocenters. The molecule has 4 aromatic rings. The maximum absolute atomic E-state index is 14.1. The number of aromatic nitrogens is 2. The van der Waals surface area contributed by atoms with Crippen LogP contribution in [0.1, 0.15) is 55.1 Å². The van der Waals surface area contributed by atoms with Crippen LogP contribution in [0.3, 0.4) is 0 Å². The van der Waals surface area contributed by atoms with Crippen LogP contribution < -0.4 is 5.32 Å². The van der Waals surface area contributed by atoms with Gasteiger partial charge in [0.25, 0.3) is 5.91 Å². The summed E-state index contributed by atoms with van der Waals surface area (Å²) in [5.74, 6) is -1.07. The molecule has 232 valence electrons. The van der Waals surface area contributed by atoms with Crippen LogP contribution in [0, 0.1) is 6.92 Å². The predicted molar refractivity (Wildman–Crippen MR) is 163 cm³/mol. The first-order valence-corrected chi connectivity index (χ1v) is 14.5. The molecule has 2 N–H and O–H groups in total. The topological polar surface area (TPSA) is 90.6 Å². The molecular formula is C33H36F3N5O3. The Balaban J connectivity index is 1.27. The number of likely N-dealkylation sites (tertiary alicyclic amines) is 1. The van der Waals surface area contributed by atoms with Crippen LogP contribution in [0.25, 0.3) is 11.0 Å². The number of pyridine rings is 1. The Bertz CT molecular complexity index is 1680. The number of nitrogens with one attached hydrogen (secondary N) is 2. The number of ether oxygens (including phenoxy) is 1. The SMILES string of the molecule is COC(=O)c1cc2cc(CCc3cc(NC(=O)c4ccc(CN5CCC(N(C)C)C5)c(C(F)(F)F)c4)ccc3C)cnc2[nH]1. The number of fused-ring (bicyclic) bond motifs is 1. The molecule has 1 fully saturated rings. The van der Waals surface area contributed by atoms with Gasteiger partial charge in [-0.3, -0.25) is 9.69 Å². The molecular weight excluding hydrogens is 571 g/mol. The zero-order valence-electron chi connectivity index (χ0n) is 25.2. The number of alkyl halides is 3. The van der Waals surface area contributed by atoms with Gasteiger partial charge in [-0.1, -0.05) is 12.1 Å². The number of hydrogen-bond donors (Lipinski definition) is 2. The smallest absolute Gasteiger partial charge is 0.416 e. The van der Waals surface area contributed by atoms with Crippen molar-refractivity contribution in [3.05, 3.63) is 93.8 Å². The molecule has 1 saturated heterocycles. The Kier molecular flexibility index (Phi) is 9.07. The Labute approximate surface area is 254 Å². The fraction of sp³-hybridized carbons (Fsp3) is 0.364. The number of carbonyl (C=O) groups is 2. The molecule has 0 saturated carbocycles. The summed E-state index contributed by atoms with van der Waals surface area (Å²) in [5, 5.41) is 3.57. The molecule has 2 aromatic heterocycles. The van der Waals surface area contributed by atoms with Crippen molar-refractivity contribution in [3.63, 3.8) is 0 Å². The standard InChI is InChI=1S/C33H36F3N5O3/c1-20-5-10-26(14-22(20)7-6-21-13-25-16-29(32(43)44-4)39-30(25)37-17-21)38-31(42)23-8-9-24(28(15-23)33(34,35)36)18-41-12-11-27(19-41)40(2)3/h5,8-10,13-17,27H,6-7,11-12,18-19H2,1-4H3,(H,37,39)(H,38,42). The predicted octanol–water partition coefficient (Wildman–Crippen LogP) is 5.85. The van der Waals surface area contributed by atoms with Crippen LogP contribution in [0.5, 0.6) is 0 Å². The van der Waals surface area contributed by atoms with E-state index in [0.717, 1.165) is 41.1 Å². The third-order valence-corrected chi connectivity index (χ3v) is 8.27. The highest BCUT2D eigenvalue weighted by Gasteiger charge is 2.35. The van der Waals surface area contributed by atoms with Gasteiger partial charge in [0.1, 0.15) is 11.3 Å². The Morgan fingerprint density at radius 3 is 2.59 bits per heavy atom. The number of aromatic amines is 1. The third kappa shape index (κ3) is 7.11. The Hall–Kier alpha value is -4.22. The largest absolute Gasteiger partial charge is 0.464 e. The normalized spacial score (nSPS) is 15.7. The summed E-state index contributed by atoms with van der Waals surface area (Å²) in [4.78, 5) is 36.4. The zero-order chi connectivity index (χ0) is 31.6. The van der Waals surface area contributed by atoms with E-state index in [1.165, 1.54) is 19.2 Å². The Morgan fingerprint density at radius 2 is 1.89 bits per heavy atom. The molecule has 11 heteroatoms. The van der Waals surface area contributed by atoms with Gasteiger partial charge in [-0.2, -0.15) is 13.2 Å². The Morgan fingerprint density at radius 1 is 1.09 bits per heavy atom. The van der Waals surface area contributed by atoms with E-state index in [1.807, 2.05) is 44.1 Å².